The van der Waals surface area contributed by atoms with E-state index in [1.165, 1.54) is 37.0 Å². The fraction of sp³-hybridized carbons (Fsp3) is 0.133. The van der Waals surface area contributed by atoms with Crippen LogP contribution in [0.5, 0.6) is 0 Å². The summed E-state index contributed by atoms with van der Waals surface area (Å²) in [6, 6.07) is 14.0. The van der Waals surface area contributed by atoms with Gasteiger partial charge in [-0.05, 0) is 11.6 Å². The second-order valence-electron chi connectivity index (χ2n) is 4.29. The van der Waals surface area contributed by atoms with Gasteiger partial charge >= 0.3 is 0 Å². The predicted molar refractivity (Wildman–Crippen MR) is 82.5 cm³/mol. The van der Waals surface area contributed by atoms with Crippen molar-refractivity contribution < 1.29 is 9.72 Å². The number of nitro groups is 1. The number of thioether (sulfide) groups is 1. The Morgan fingerprint density at radius 1 is 1.24 bits per heavy atom. The number of nitrogens with zero attached hydrogens (tertiary/aromatic N) is 1. The summed E-state index contributed by atoms with van der Waals surface area (Å²) in [5.41, 5.74) is 1.53. The van der Waals surface area contributed by atoms with Gasteiger partial charge in [0.05, 0.1) is 10.5 Å². The Labute approximate surface area is 126 Å². The zero-order valence-electron chi connectivity index (χ0n) is 11.4. The van der Waals surface area contributed by atoms with E-state index in [0.29, 0.717) is 16.2 Å². The van der Waals surface area contributed by atoms with Crippen LogP contribution >= 0.6 is 11.8 Å². The highest BCUT2D eigenvalue weighted by Crippen LogP contribution is 2.29. The Bertz CT molecular complexity index is 659. The summed E-state index contributed by atoms with van der Waals surface area (Å²) in [6.07, 6.45) is 0. The van der Waals surface area contributed by atoms with Gasteiger partial charge < -0.3 is 5.32 Å². The van der Waals surface area contributed by atoms with Crippen molar-refractivity contribution in [3.63, 3.8) is 0 Å². The number of hydrogen-bond acceptors (Lipinski definition) is 4. The van der Waals surface area contributed by atoms with Crippen LogP contribution in [0.15, 0.2) is 53.4 Å². The lowest BCUT2D eigenvalue weighted by Gasteiger charge is -2.08. The molecule has 0 aliphatic rings. The van der Waals surface area contributed by atoms with Crippen LogP contribution in [0.25, 0.3) is 0 Å². The van der Waals surface area contributed by atoms with Crippen LogP contribution in [0.2, 0.25) is 0 Å². The molecule has 5 nitrogen and oxygen atoms in total. The van der Waals surface area contributed by atoms with E-state index in [1.807, 2.05) is 30.3 Å². The summed E-state index contributed by atoms with van der Waals surface area (Å²) in [7, 11) is 1.54. The van der Waals surface area contributed by atoms with E-state index in [0.717, 1.165) is 5.56 Å². The first kappa shape index (κ1) is 15.1. The Kier molecular flexibility index (Phi) is 4.94. The van der Waals surface area contributed by atoms with Crippen molar-refractivity contribution in [1.82, 2.24) is 5.32 Å². The lowest BCUT2D eigenvalue weighted by Crippen LogP contribution is -2.18. The van der Waals surface area contributed by atoms with Crippen LogP contribution in [0, 0.1) is 10.1 Å². The average Bonchev–Trinajstić information content (AvgIpc) is 2.52. The van der Waals surface area contributed by atoms with Gasteiger partial charge in [-0.2, -0.15) is 0 Å². The number of carbonyl (C=O) groups excluding carboxylic acids is 1. The highest BCUT2D eigenvalue weighted by molar-refractivity contribution is 7.98. The van der Waals surface area contributed by atoms with Crippen molar-refractivity contribution in [3.8, 4) is 0 Å². The van der Waals surface area contributed by atoms with Crippen molar-refractivity contribution in [2.45, 2.75) is 10.6 Å². The minimum Gasteiger partial charge on any atom is -0.355 e. The molecule has 0 aromatic heterocycles. The van der Waals surface area contributed by atoms with Crippen LogP contribution in [0.3, 0.4) is 0 Å². The molecular formula is C15H14N2O3S. The second-order valence-corrected chi connectivity index (χ2v) is 5.31. The van der Waals surface area contributed by atoms with Gasteiger partial charge in [0, 0.05) is 29.8 Å². The maximum Gasteiger partial charge on any atom is 0.270 e. The fourth-order valence-electron chi connectivity index (χ4n) is 1.80. The lowest BCUT2D eigenvalue weighted by molar-refractivity contribution is -0.385. The number of nitrogens with one attached hydrogen (secondary N) is 1. The van der Waals surface area contributed by atoms with E-state index in [4.69, 9.17) is 0 Å². The number of hydrogen-bond donors (Lipinski definition) is 1. The number of amides is 1. The standard InChI is InChI=1S/C15H14N2O3S/c1-16-15(18)13-8-7-12(17(19)20)9-14(13)21-10-11-5-3-2-4-6-11/h2-9H,10H2,1H3,(H,16,18). The molecule has 6 heteroatoms. The minimum absolute atomic E-state index is 0.0155. The van der Waals surface area contributed by atoms with Gasteiger partial charge in [0.25, 0.3) is 11.6 Å². The molecule has 0 bridgehead atoms. The molecule has 0 fully saturated rings. The summed E-state index contributed by atoms with van der Waals surface area (Å²) >= 11 is 1.41. The third kappa shape index (κ3) is 3.82. The van der Waals surface area contributed by atoms with Gasteiger partial charge in [-0.1, -0.05) is 30.3 Å². The number of nitro benzene ring substituents is 1. The van der Waals surface area contributed by atoms with Crippen molar-refractivity contribution in [2.75, 3.05) is 7.05 Å². The van der Waals surface area contributed by atoms with Crippen LogP contribution in [0.4, 0.5) is 5.69 Å². The summed E-state index contributed by atoms with van der Waals surface area (Å²) in [6.45, 7) is 0. The van der Waals surface area contributed by atoms with E-state index in [9.17, 15) is 14.9 Å². The molecule has 2 aromatic rings. The first-order valence-electron chi connectivity index (χ1n) is 6.29. The highest BCUT2D eigenvalue weighted by atomic mass is 32.2. The Morgan fingerprint density at radius 3 is 2.57 bits per heavy atom. The molecule has 21 heavy (non-hydrogen) atoms. The zero-order valence-corrected chi connectivity index (χ0v) is 12.2. The van der Waals surface area contributed by atoms with Crippen LogP contribution in [0.1, 0.15) is 15.9 Å². The van der Waals surface area contributed by atoms with Crippen molar-refractivity contribution in [3.05, 3.63) is 69.8 Å². The minimum atomic E-state index is -0.458. The smallest absolute Gasteiger partial charge is 0.270 e. The average molecular weight is 302 g/mol. The van der Waals surface area contributed by atoms with Gasteiger partial charge in [0.1, 0.15) is 0 Å². The van der Waals surface area contributed by atoms with Gasteiger partial charge in [0.15, 0.2) is 0 Å². The van der Waals surface area contributed by atoms with Crippen LogP contribution in [-0.2, 0) is 5.75 Å². The molecule has 0 aliphatic heterocycles. The third-order valence-electron chi connectivity index (χ3n) is 2.88. The lowest BCUT2D eigenvalue weighted by atomic mass is 10.2. The first-order valence-corrected chi connectivity index (χ1v) is 7.27. The predicted octanol–water partition coefficient (Wildman–Crippen LogP) is 3.25. The molecule has 0 spiro atoms. The summed E-state index contributed by atoms with van der Waals surface area (Å²) in [5, 5.41) is 13.4. The molecule has 1 N–H and O–H groups in total. The number of rotatable bonds is 5. The van der Waals surface area contributed by atoms with Crippen molar-refractivity contribution in [1.29, 1.82) is 0 Å². The summed E-state index contributed by atoms with van der Waals surface area (Å²) in [4.78, 5) is 22.9. The second kappa shape index (κ2) is 6.90. The number of non-ortho nitro benzene ring substituents is 1. The van der Waals surface area contributed by atoms with Gasteiger partial charge in [-0.3, -0.25) is 14.9 Å². The zero-order chi connectivity index (χ0) is 15.2. The molecule has 0 unspecified atom stereocenters. The molecule has 2 rings (SSSR count). The Morgan fingerprint density at radius 2 is 1.95 bits per heavy atom. The molecule has 1 amide bonds. The van der Waals surface area contributed by atoms with Crippen LogP contribution < -0.4 is 5.32 Å². The monoisotopic (exact) mass is 302 g/mol. The fourth-order valence-corrected chi connectivity index (χ4v) is 2.84. The maximum absolute atomic E-state index is 11.8. The molecule has 0 saturated heterocycles. The van der Waals surface area contributed by atoms with Gasteiger partial charge in [-0.15, -0.1) is 11.8 Å². The highest BCUT2D eigenvalue weighted by Gasteiger charge is 2.15. The van der Waals surface area contributed by atoms with E-state index < -0.39 is 4.92 Å². The quantitative estimate of drug-likeness (QED) is 0.523. The topological polar surface area (TPSA) is 72.2 Å². The van der Waals surface area contributed by atoms with Crippen LogP contribution in [-0.4, -0.2) is 17.9 Å². The molecule has 2 aromatic carbocycles. The summed E-state index contributed by atoms with van der Waals surface area (Å²) < 4.78 is 0. The molecule has 0 heterocycles. The molecule has 0 atom stereocenters. The van der Waals surface area contributed by atoms with E-state index in [2.05, 4.69) is 5.32 Å². The van der Waals surface area contributed by atoms with E-state index in [-0.39, 0.29) is 11.6 Å². The van der Waals surface area contributed by atoms with Crippen molar-refractivity contribution in [2.24, 2.45) is 0 Å². The number of carbonyl (C=O) groups is 1. The molecule has 108 valence electrons. The Hall–Kier alpha value is -2.34. The van der Waals surface area contributed by atoms with Crippen molar-refractivity contribution >= 4 is 23.4 Å². The molecule has 0 saturated carbocycles. The summed E-state index contributed by atoms with van der Waals surface area (Å²) in [5.74, 6) is 0.395. The SMILES string of the molecule is CNC(=O)c1ccc([N+](=O)[O-])cc1SCc1ccccc1. The third-order valence-corrected chi connectivity index (χ3v) is 4.01. The Balaban J connectivity index is 2.27. The number of benzene rings is 2. The van der Waals surface area contributed by atoms with Gasteiger partial charge in [-0.25, -0.2) is 0 Å². The molecule has 0 radical (unpaired) electrons. The largest absolute Gasteiger partial charge is 0.355 e. The normalized spacial score (nSPS) is 10.1. The van der Waals surface area contributed by atoms with Gasteiger partial charge in [0.2, 0.25) is 0 Å². The first-order chi connectivity index (χ1) is 10.1. The molecular weight excluding hydrogens is 288 g/mol. The van der Waals surface area contributed by atoms with E-state index in [1.54, 1.807) is 0 Å². The molecule has 0 aliphatic carbocycles. The van der Waals surface area contributed by atoms with E-state index >= 15 is 0 Å². The maximum atomic E-state index is 11.8.